The summed E-state index contributed by atoms with van der Waals surface area (Å²) in [5.41, 5.74) is 0.995. The van der Waals surface area contributed by atoms with E-state index >= 15 is 0 Å². The molecule has 0 fully saturated rings. The van der Waals surface area contributed by atoms with Crippen molar-refractivity contribution in [2.45, 2.75) is 11.8 Å². The molecule has 0 saturated carbocycles. The minimum Gasteiger partial charge on any atom is -0.492 e. The van der Waals surface area contributed by atoms with Crippen molar-refractivity contribution in [3.63, 3.8) is 0 Å². The van der Waals surface area contributed by atoms with Crippen molar-refractivity contribution in [1.29, 1.82) is 0 Å². The first-order valence-electron chi connectivity index (χ1n) is 8.81. The summed E-state index contributed by atoms with van der Waals surface area (Å²) in [6, 6.07) is 19.4. The van der Waals surface area contributed by atoms with Gasteiger partial charge in [-0.15, -0.1) is 0 Å². The van der Waals surface area contributed by atoms with Gasteiger partial charge < -0.3 is 10.1 Å². The zero-order valence-electron chi connectivity index (χ0n) is 15.6. The molecule has 3 rings (SSSR count). The number of para-hydroxylation sites is 2. The maximum absolute atomic E-state index is 12.6. The predicted molar refractivity (Wildman–Crippen MR) is 114 cm³/mol. The summed E-state index contributed by atoms with van der Waals surface area (Å²) in [6.45, 7) is 2.32. The fourth-order valence-electron chi connectivity index (χ4n) is 2.59. The first-order valence-corrected chi connectivity index (χ1v) is 10.7. The number of halogens is 1. The maximum Gasteiger partial charge on any atom is 0.261 e. The van der Waals surface area contributed by atoms with E-state index in [0.717, 1.165) is 0 Å². The van der Waals surface area contributed by atoms with E-state index in [2.05, 4.69) is 10.0 Å². The van der Waals surface area contributed by atoms with E-state index in [0.29, 0.717) is 18.0 Å². The average molecular weight is 431 g/mol. The summed E-state index contributed by atoms with van der Waals surface area (Å²) < 4.78 is 32.8. The third-order valence-corrected chi connectivity index (χ3v) is 5.66. The van der Waals surface area contributed by atoms with Crippen LogP contribution in [0.15, 0.2) is 77.7 Å². The molecule has 3 aromatic carbocycles. The number of ether oxygens (including phenoxy) is 1. The van der Waals surface area contributed by atoms with Gasteiger partial charge in [-0.3, -0.25) is 9.52 Å². The van der Waals surface area contributed by atoms with Crippen molar-refractivity contribution in [3.05, 3.63) is 83.4 Å². The van der Waals surface area contributed by atoms with Gasteiger partial charge >= 0.3 is 0 Å². The van der Waals surface area contributed by atoms with E-state index in [1.807, 2.05) is 13.0 Å². The molecule has 0 saturated heterocycles. The summed E-state index contributed by atoms with van der Waals surface area (Å²) in [5, 5.41) is 2.88. The Morgan fingerprint density at radius 1 is 0.966 bits per heavy atom. The lowest BCUT2D eigenvalue weighted by Crippen LogP contribution is -2.15. The zero-order chi connectivity index (χ0) is 20.9. The molecule has 0 atom stereocenters. The molecule has 6 nitrogen and oxygen atoms in total. The molecule has 0 heterocycles. The van der Waals surface area contributed by atoms with Crippen molar-refractivity contribution < 1.29 is 17.9 Å². The van der Waals surface area contributed by atoms with Crippen LogP contribution in [-0.2, 0) is 10.0 Å². The highest BCUT2D eigenvalue weighted by atomic mass is 35.5. The Balaban J connectivity index is 1.78. The van der Waals surface area contributed by atoms with Crippen molar-refractivity contribution in [3.8, 4) is 5.75 Å². The van der Waals surface area contributed by atoms with E-state index < -0.39 is 15.9 Å². The normalized spacial score (nSPS) is 11.0. The van der Waals surface area contributed by atoms with Crippen molar-refractivity contribution in [2.24, 2.45) is 0 Å². The molecular weight excluding hydrogens is 412 g/mol. The van der Waals surface area contributed by atoms with E-state index in [1.165, 1.54) is 30.3 Å². The molecule has 0 aliphatic rings. The standard InChI is InChI=1S/C21H19ClN2O4S/c1-2-28-20-11-7-6-10-19(20)23-21(25)15-12-13-18(17(22)14-15)24-29(26,27)16-8-4-3-5-9-16/h3-14,24H,2H2,1H3,(H,23,25). The van der Waals surface area contributed by atoms with Crippen LogP contribution in [0.2, 0.25) is 5.02 Å². The van der Waals surface area contributed by atoms with Gasteiger partial charge in [-0.05, 0) is 49.4 Å². The number of sulfonamides is 1. The molecule has 0 aliphatic carbocycles. The van der Waals surface area contributed by atoms with Gasteiger partial charge in [-0.2, -0.15) is 0 Å². The molecule has 29 heavy (non-hydrogen) atoms. The Hall–Kier alpha value is -3.03. The molecule has 2 N–H and O–H groups in total. The second-order valence-electron chi connectivity index (χ2n) is 6.00. The Morgan fingerprint density at radius 2 is 1.66 bits per heavy atom. The van der Waals surface area contributed by atoms with Crippen LogP contribution in [0, 0.1) is 0 Å². The number of benzene rings is 3. The minimum atomic E-state index is -3.78. The highest BCUT2D eigenvalue weighted by Gasteiger charge is 2.17. The summed E-state index contributed by atoms with van der Waals surface area (Å²) in [7, 11) is -3.78. The molecule has 150 valence electrons. The van der Waals surface area contributed by atoms with Gasteiger partial charge in [-0.25, -0.2) is 8.42 Å². The fraction of sp³-hybridized carbons (Fsp3) is 0.0952. The largest absolute Gasteiger partial charge is 0.492 e. The van der Waals surface area contributed by atoms with Gasteiger partial charge in [0.05, 0.1) is 27.9 Å². The van der Waals surface area contributed by atoms with Crippen LogP contribution >= 0.6 is 11.6 Å². The van der Waals surface area contributed by atoms with Gasteiger partial charge in [-0.1, -0.05) is 41.9 Å². The smallest absolute Gasteiger partial charge is 0.261 e. The number of amides is 1. The van der Waals surface area contributed by atoms with Crippen molar-refractivity contribution in [1.82, 2.24) is 0 Å². The van der Waals surface area contributed by atoms with Crippen LogP contribution in [-0.4, -0.2) is 20.9 Å². The van der Waals surface area contributed by atoms with E-state index in [-0.39, 0.29) is 21.2 Å². The van der Waals surface area contributed by atoms with Crippen molar-refractivity contribution >= 4 is 38.9 Å². The number of carbonyl (C=O) groups excluding carboxylic acids is 1. The molecule has 1 amide bonds. The summed E-state index contributed by atoms with van der Waals surface area (Å²) >= 11 is 6.22. The first kappa shape index (κ1) is 20.7. The van der Waals surface area contributed by atoms with Gasteiger partial charge in [0.1, 0.15) is 5.75 Å². The van der Waals surface area contributed by atoms with Gasteiger partial charge in [0.25, 0.3) is 15.9 Å². The maximum atomic E-state index is 12.6. The van der Waals surface area contributed by atoms with Crippen LogP contribution in [0.3, 0.4) is 0 Å². The second kappa shape index (κ2) is 8.98. The topological polar surface area (TPSA) is 84.5 Å². The first-order chi connectivity index (χ1) is 13.9. The van der Waals surface area contributed by atoms with Crippen LogP contribution in [0.5, 0.6) is 5.75 Å². The zero-order valence-corrected chi connectivity index (χ0v) is 17.1. The summed E-state index contributed by atoms with van der Waals surface area (Å²) in [4.78, 5) is 12.7. The molecule has 8 heteroatoms. The highest BCUT2D eigenvalue weighted by molar-refractivity contribution is 7.92. The Labute approximate surface area is 174 Å². The van der Waals surface area contributed by atoms with Gasteiger partial charge in [0.15, 0.2) is 0 Å². The van der Waals surface area contributed by atoms with Crippen LogP contribution in [0.25, 0.3) is 0 Å². The van der Waals surface area contributed by atoms with Gasteiger partial charge in [0.2, 0.25) is 0 Å². The lowest BCUT2D eigenvalue weighted by Gasteiger charge is -2.13. The predicted octanol–water partition coefficient (Wildman–Crippen LogP) is 4.79. The molecule has 3 aromatic rings. The van der Waals surface area contributed by atoms with E-state index in [1.54, 1.807) is 36.4 Å². The monoisotopic (exact) mass is 430 g/mol. The Morgan fingerprint density at radius 3 is 2.34 bits per heavy atom. The number of anilines is 2. The number of hydrogen-bond acceptors (Lipinski definition) is 4. The number of hydrogen-bond donors (Lipinski definition) is 2. The second-order valence-corrected chi connectivity index (χ2v) is 8.09. The molecule has 0 bridgehead atoms. The molecule has 0 aromatic heterocycles. The van der Waals surface area contributed by atoms with Crippen LogP contribution in [0.4, 0.5) is 11.4 Å². The third kappa shape index (κ3) is 5.07. The fourth-order valence-corrected chi connectivity index (χ4v) is 3.97. The Bertz CT molecular complexity index is 1120. The molecule has 0 spiro atoms. The summed E-state index contributed by atoms with van der Waals surface area (Å²) in [5.74, 6) is 0.165. The highest BCUT2D eigenvalue weighted by Crippen LogP contribution is 2.28. The SMILES string of the molecule is CCOc1ccccc1NC(=O)c1ccc(NS(=O)(=O)c2ccccc2)c(Cl)c1. The lowest BCUT2D eigenvalue weighted by atomic mass is 10.2. The molecule has 0 aliphatic heterocycles. The van der Waals surface area contributed by atoms with Gasteiger partial charge in [0, 0.05) is 5.56 Å². The molecule has 0 unspecified atom stereocenters. The average Bonchev–Trinajstić information content (AvgIpc) is 2.71. The van der Waals surface area contributed by atoms with Crippen LogP contribution in [0.1, 0.15) is 17.3 Å². The summed E-state index contributed by atoms with van der Waals surface area (Å²) in [6.07, 6.45) is 0. The number of rotatable bonds is 7. The number of nitrogens with one attached hydrogen (secondary N) is 2. The Kier molecular flexibility index (Phi) is 6.41. The van der Waals surface area contributed by atoms with E-state index in [9.17, 15) is 13.2 Å². The molecule has 0 radical (unpaired) electrons. The minimum absolute atomic E-state index is 0.107. The lowest BCUT2D eigenvalue weighted by molar-refractivity contribution is 0.102. The van der Waals surface area contributed by atoms with E-state index in [4.69, 9.17) is 16.3 Å². The number of carbonyl (C=O) groups is 1. The quantitative estimate of drug-likeness (QED) is 0.564. The van der Waals surface area contributed by atoms with Crippen LogP contribution < -0.4 is 14.8 Å². The third-order valence-electron chi connectivity index (χ3n) is 3.96. The molecular formula is C21H19ClN2O4S. The van der Waals surface area contributed by atoms with Crippen molar-refractivity contribution in [2.75, 3.05) is 16.6 Å².